The summed E-state index contributed by atoms with van der Waals surface area (Å²) in [5.41, 5.74) is -0.785. The zero-order valence-corrected chi connectivity index (χ0v) is 13.0. The van der Waals surface area contributed by atoms with E-state index in [9.17, 15) is 9.59 Å². The van der Waals surface area contributed by atoms with Crippen LogP contribution in [0.4, 0.5) is 0 Å². The van der Waals surface area contributed by atoms with E-state index in [0.29, 0.717) is 19.4 Å². The van der Waals surface area contributed by atoms with Crippen molar-refractivity contribution in [2.75, 3.05) is 0 Å². The Hall–Kier alpha value is -1.43. The number of hydrogen-bond donors (Lipinski definition) is 1. The van der Waals surface area contributed by atoms with Crippen molar-refractivity contribution >= 4 is 23.2 Å². The van der Waals surface area contributed by atoms with E-state index in [1.807, 2.05) is 26.2 Å². The minimum Gasteiger partial charge on any atom is -0.342 e. The molecule has 2 atom stereocenters. The third-order valence-corrected chi connectivity index (χ3v) is 4.76. The minimum absolute atomic E-state index is 0.00556. The summed E-state index contributed by atoms with van der Waals surface area (Å²) in [4.78, 5) is 31.0. The molecule has 110 valence electrons. The first-order valence-electron chi connectivity index (χ1n) is 7.03. The third kappa shape index (κ3) is 2.57. The van der Waals surface area contributed by atoms with Crippen LogP contribution in [0.15, 0.2) is 11.6 Å². The summed E-state index contributed by atoms with van der Waals surface area (Å²) in [5.74, 6) is -0.0550. The van der Waals surface area contributed by atoms with E-state index >= 15 is 0 Å². The van der Waals surface area contributed by atoms with Gasteiger partial charge in [-0.3, -0.25) is 9.59 Å². The Labute approximate surface area is 123 Å². The SMILES string of the molecule is CCCC1NC(=O)C(C)(CC)N(Cc2nccs2)C1=O. The normalized spacial score (nSPS) is 26.8. The van der Waals surface area contributed by atoms with E-state index < -0.39 is 11.6 Å². The van der Waals surface area contributed by atoms with Crippen molar-refractivity contribution in [3.05, 3.63) is 16.6 Å². The van der Waals surface area contributed by atoms with Crippen LogP contribution in [0, 0.1) is 0 Å². The van der Waals surface area contributed by atoms with E-state index in [1.165, 1.54) is 11.3 Å². The first kappa shape index (κ1) is 15.0. The number of nitrogens with zero attached hydrogens (tertiary/aromatic N) is 2. The average molecular weight is 295 g/mol. The Bertz CT molecular complexity index is 489. The molecular weight excluding hydrogens is 274 g/mol. The summed E-state index contributed by atoms with van der Waals surface area (Å²) in [6, 6.07) is -0.396. The highest BCUT2D eigenvalue weighted by Crippen LogP contribution is 2.28. The number of carbonyl (C=O) groups is 2. The molecule has 20 heavy (non-hydrogen) atoms. The molecule has 0 aliphatic carbocycles. The van der Waals surface area contributed by atoms with Gasteiger partial charge in [-0.15, -0.1) is 11.3 Å². The molecule has 0 aromatic carbocycles. The second-order valence-corrected chi connectivity index (χ2v) is 6.27. The van der Waals surface area contributed by atoms with Crippen LogP contribution in [-0.4, -0.2) is 33.3 Å². The fraction of sp³-hybridized carbons (Fsp3) is 0.643. The first-order valence-corrected chi connectivity index (χ1v) is 7.91. The molecule has 0 radical (unpaired) electrons. The summed E-state index contributed by atoms with van der Waals surface area (Å²) < 4.78 is 0. The van der Waals surface area contributed by atoms with Crippen molar-refractivity contribution in [3.63, 3.8) is 0 Å². The second-order valence-electron chi connectivity index (χ2n) is 5.29. The van der Waals surface area contributed by atoms with E-state index in [-0.39, 0.29) is 11.8 Å². The number of piperazine rings is 1. The standard InChI is InChI=1S/C14H21N3O2S/c1-4-6-10-12(18)17(9-11-15-7-8-20-11)14(3,5-2)13(19)16-10/h7-8,10H,4-6,9H2,1-3H3,(H,16,19). The molecule has 1 aliphatic heterocycles. The molecule has 2 rings (SSSR count). The molecule has 1 N–H and O–H groups in total. The largest absolute Gasteiger partial charge is 0.342 e. The smallest absolute Gasteiger partial charge is 0.246 e. The van der Waals surface area contributed by atoms with E-state index in [1.54, 1.807) is 11.1 Å². The number of carbonyl (C=O) groups excluding carboxylic acids is 2. The predicted octanol–water partition coefficient (Wildman–Crippen LogP) is 1.94. The van der Waals surface area contributed by atoms with Crippen LogP contribution in [0.1, 0.15) is 45.0 Å². The zero-order chi connectivity index (χ0) is 14.8. The minimum atomic E-state index is -0.785. The summed E-state index contributed by atoms with van der Waals surface area (Å²) in [7, 11) is 0. The Kier molecular flexibility index (Phi) is 4.42. The van der Waals surface area contributed by atoms with Crippen LogP contribution in [0.25, 0.3) is 0 Å². The molecule has 0 bridgehead atoms. The lowest BCUT2D eigenvalue weighted by Gasteiger charge is -2.45. The highest BCUT2D eigenvalue weighted by atomic mass is 32.1. The van der Waals surface area contributed by atoms with Gasteiger partial charge in [0, 0.05) is 11.6 Å². The van der Waals surface area contributed by atoms with E-state index in [4.69, 9.17) is 0 Å². The number of aromatic nitrogens is 1. The molecule has 2 unspecified atom stereocenters. The second kappa shape index (κ2) is 5.91. The van der Waals surface area contributed by atoms with Crippen LogP contribution in [0.5, 0.6) is 0 Å². The summed E-state index contributed by atoms with van der Waals surface area (Å²) in [6.07, 6.45) is 3.86. The fourth-order valence-corrected chi connectivity index (χ4v) is 3.09. The maximum absolute atomic E-state index is 12.6. The molecule has 0 saturated carbocycles. The Morgan fingerprint density at radius 1 is 1.45 bits per heavy atom. The Balaban J connectivity index is 2.29. The van der Waals surface area contributed by atoms with Gasteiger partial charge in [-0.25, -0.2) is 4.98 Å². The van der Waals surface area contributed by atoms with Crippen molar-refractivity contribution < 1.29 is 9.59 Å². The fourth-order valence-electron chi connectivity index (χ4n) is 2.48. The first-order chi connectivity index (χ1) is 9.52. The van der Waals surface area contributed by atoms with Crippen LogP contribution in [-0.2, 0) is 16.1 Å². The third-order valence-electron chi connectivity index (χ3n) is 4.00. The lowest BCUT2D eigenvalue weighted by molar-refractivity contribution is -0.157. The maximum atomic E-state index is 12.6. The van der Waals surface area contributed by atoms with Crippen LogP contribution >= 0.6 is 11.3 Å². The molecule has 1 aliphatic rings. The number of amides is 2. The van der Waals surface area contributed by atoms with Gasteiger partial charge in [-0.2, -0.15) is 0 Å². The van der Waals surface area contributed by atoms with Gasteiger partial charge in [0.2, 0.25) is 11.8 Å². The van der Waals surface area contributed by atoms with Crippen molar-refractivity contribution in [1.82, 2.24) is 15.2 Å². The molecule has 1 aromatic heterocycles. The van der Waals surface area contributed by atoms with Gasteiger partial charge in [0.25, 0.3) is 0 Å². The highest BCUT2D eigenvalue weighted by Gasteiger charge is 2.48. The summed E-state index contributed by atoms with van der Waals surface area (Å²) in [6.45, 7) is 6.19. The van der Waals surface area contributed by atoms with Gasteiger partial charge in [-0.05, 0) is 19.8 Å². The molecule has 2 amide bonds. The van der Waals surface area contributed by atoms with Crippen molar-refractivity contribution in [3.8, 4) is 0 Å². The Morgan fingerprint density at radius 3 is 2.75 bits per heavy atom. The van der Waals surface area contributed by atoms with Gasteiger partial charge in [0.15, 0.2) is 0 Å². The lowest BCUT2D eigenvalue weighted by atomic mass is 9.89. The summed E-state index contributed by atoms with van der Waals surface area (Å²) in [5, 5.41) is 5.62. The Morgan fingerprint density at radius 2 is 2.20 bits per heavy atom. The van der Waals surface area contributed by atoms with Gasteiger partial charge in [0.05, 0.1) is 6.54 Å². The molecule has 2 heterocycles. The summed E-state index contributed by atoms with van der Waals surface area (Å²) >= 11 is 1.51. The zero-order valence-electron chi connectivity index (χ0n) is 12.2. The molecule has 5 nitrogen and oxygen atoms in total. The predicted molar refractivity (Wildman–Crippen MR) is 78.2 cm³/mol. The molecule has 1 aromatic rings. The average Bonchev–Trinajstić information content (AvgIpc) is 2.94. The topological polar surface area (TPSA) is 62.3 Å². The van der Waals surface area contributed by atoms with Gasteiger partial charge in [0.1, 0.15) is 16.6 Å². The lowest BCUT2D eigenvalue weighted by Crippen LogP contribution is -2.68. The van der Waals surface area contributed by atoms with Crippen molar-refractivity contribution in [1.29, 1.82) is 0 Å². The number of hydrogen-bond acceptors (Lipinski definition) is 4. The highest BCUT2D eigenvalue weighted by molar-refractivity contribution is 7.09. The van der Waals surface area contributed by atoms with Gasteiger partial charge >= 0.3 is 0 Å². The molecule has 6 heteroatoms. The van der Waals surface area contributed by atoms with Crippen LogP contribution < -0.4 is 5.32 Å². The van der Waals surface area contributed by atoms with Crippen molar-refractivity contribution in [2.24, 2.45) is 0 Å². The van der Waals surface area contributed by atoms with Crippen LogP contribution in [0.2, 0.25) is 0 Å². The van der Waals surface area contributed by atoms with E-state index in [2.05, 4.69) is 10.3 Å². The molecule has 0 spiro atoms. The molecule has 1 saturated heterocycles. The van der Waals surface area contributed by atoms with Gasteiger partial charge < -0.3 is 10.2 Å². The van der Waals surface area contributed by atoms with Crippen LogP contribution in [0.3, 0.4) is 0 Å². The number of rotatable bonds is 5. The monoisotopic (exact) mass is 295 g/mol. The maximum Gasteiger partial charge on any atom is 0.246 e. The number of nitrogens with one attached hydrogen (secondary N) is 1. The quantitative estimate of drug-likeness (QED) is 0.903. The van der Waals surface area contributed by atoms with Gasteiger partial charge in [-0.1, -0.05) is 20.3 Å². The molecule has 1 fully saturated rings. The number of thiazole rings is 1. The molecular formula is C14H21N3O2S. The van der Waals surface area contributed by atoms with E-state index in [0.717, 1.165) is 11.4 Å². The van der Waals surface area contributed by atoms with Crippen molar-refractivity contribution in [2.45, 2.75) is 58.2 Å².